The largest absolute Gasteiger partial charge is 0.326 e. The zero-order valence-electron chi connectivity index (χ0n) is 16.7. The van der Waals surface area contributed by atoms with Crippen LogP contribution in [0.2, 0.25) is 5.02 Å². The molecule has 158 valence electrons. The molecule has 9 heteroatoms. The van der Waals surface area contributed by atoms with Gasteiger partial charge in [0, 0.05) is 24.3 Å². The number of hydrogen-bond acceptors (Lipinski definition) is 4. The Morgan fingerprint density at radius 2 is 2.10 bits per heavy atom. The molecule has 7 nitrogen and oxygen atoms in total. The molecule has 0 aliphatic carbocycles. The van der Waals surface area contributed by atoms with Crippen LogP contribution in [0.4, 0.5) is 20.6 Å². The topological polar surface area (TPSA) is 86.8 Å². The summed E-state index contributed by atoms with van der Waals surface area (Å²) in [5.41, 5.74) is 1.33. The highest BCUT2D eigenvalue weighted by Crippen LogP contribution is 2.24. The van der Waals surface area contributed by atoms with Crippen LogP contribution in [0.15, 0.2) is 42.5 Å². The quantitative estimate of drug-likeness (QED) is 0.627. The molecule has 0 atom stereocenters. The summed E-state index contributed by atoms with van der Waals surface area (Å²) >= 11 is 5.85. The number of amides is 2. The van der Waals surface area contributed by atoms with Gasteiger partial charge in [0.15, 0.2) is 5.82 Å². The van der Waals surface area contributed by atoms with Gasteiger partial charge in [-0.25, -0.2) is 9.18 Å². The van der Waals surface area contributed by atoms with E-state index in [1.165, 1.54) is 23.1 Å². The molecule has 4 rings (SSSR count). The number of carbonyl (C=O) groups is 1. The molecule has 3 aromatic rings. The number of hydrogen-bond donors (Lipinski definition) is 1. The molecule has 0 radical (unpaired) electrons. The van der Waals surface area contributed by atoms with Crippen molar-refractivity contribution in [2.75, 3.05) is 10.2 Å². The van der Waals surface area contributed by atoms with Crippen LogP contribution in [-0.4, -0.2) is 20.8 Å². The van der Waals surface area contributed by atoms with E-state index in [1.807, 2.05) is 0 Å². The van der Waals surface area contributed by atoms with Gasteiger partial charge in [-0.15, -0.1) is 10.2 Å². The highest BCUT2D eigenvalue weighted by atomic mass is 35.5. The minimum Gasteiger partial charge on any atom is -0.313 e. The Balaban J connectivity index is 1.66. The third-order valence-electron chi connectivity index (χ3n) is 5.19. The fourth-order valence-corrected chi connectivity index (χ4v) is 3.77. The third-order valence-corrected chi connectivity index (χ3v) is 5.48. The number of nitrogens with zero attached hydrogens (tertiary/aromatic N) is 5. The number of aromatic nitrogens is 3. The SMILES string of the molecule is N#Cc1cccc(N(Cc2nnc3n2CCCCC3)C(=O)Nc2ccc(F)c(Cl)c2)c1. The second-order valence-electron chi connectivity index (χ2n) is 7.30. The first kappa shape index (κ1) is 20.8. The Bertz CT molecular complexity index is 1160. The first-order chi connectivity index (χ1) is 15.0. The standard InChI is InChI=1S/C22H20ClFN6O/c23-18-12-16(8-9-19(18)24)26-22(31)30(17-6-4-5-15(11-17)13-25)14-21-28-27-20-7-2-1-3-10-29(20)21/h4-6,8-9,11-12H,1-3,7,10,14H2,(H,26,31). The molecule has 1 aliphatic rings. The van der Waals surface area contributed by atoms with Gasteiger partial charge in [0.05, 0.1) is 23.2 Å². The molecule has 1 N–H and O–H groups in total. The van der Waals surface area contributed by atoms with Crippen molar-refractivity contribution in [3.63, 3.8) is 0 Å². The molecule has 0 bridgehead atoms. The monoisotopic (exact) mass is 438 g/mol. The van der Waals surface area contributed by atoms with Crippen LogP contribution in [-0.2, 0) is 19.5 Å². The van der Waals surface area contributed by atoms with E-state index in [0.717, 1.165) is 38.1 Å². The maximum atomic E-state index is 13.5. The number of fused-ring (bicyclic) bond motifs is 1. The number of rotatable bonds is 4. The van der Waals surface area contributed by atoms with Gasteiger partial charge in [-0.1, -0.05) is 24.1 Å². The summed E-state index contributed by atoms with van der Waals surface area (Å²) in [6.07, 6.45) is 4.08. The van der Waals surface area contributed by atoms with Crippen LogP contribution >= 0.6 is 11.6 Å². The van der Waals surface area contributed by atoms with E-state index < -0.39 is 11.8 Å². The molecule has 2 heterocycles. The van der Waals surface area contributed by atoms with E-state index in [-0.39, 0.29) is 11.6 Å². The van der Waals surface area contributed by atoms with Crippen molar-refractivity contribution in [1.82, 2.24) is 14.8 Å². The second kappa shape index (κ2) is 9.14. The van der Waals surface area contributed by atoms with Gasteiger partial charge >= 0.3 is 6.03 Å². The average molecular weight is 439 g/mol. The minimum atomic E-state index is -0.565. The maximum Gasteiger partial charge on any atom is 0.326 e. The van der Waals surface area contributed by atoms with Gasteiger partial charge in [0.25, 0.3) is 0 Å². The van der Waals surface area contributed by atoms with E-state index in [2.05, 4.69) is 26.2 Å². The lowest BCUT2D eigenvalue weighted by Gasteiger charge is -2.23. The van der Waals surface area contributed by atoms with Crippen molar-refractivity contribution < 1.29 is 9.18 Å². The Labute approximate surface area is 184 Å². The molecule has 0 saturated carbocycles. The zero-order valence-corrected chi connectivity index (χ0v) is 17.4. The number of nitriles is 1. The van der Waals surface area contributed by atoms with Crippen molar-refractivity contribution in [3.8, 4) is 6.07 Å². The molecule has 1 aliphatic heterocycles. The van der Waals surface area contributed by atoms with Crippen LogP contribution in [0.5, 0.6) is 0 Å². The zero-order chi connectivity index (χ0) is 21.8. The van der Waals surface area contributed by atoms with Crippen LogP contribution in [0, 0.1) is 17.1 Å². The van der Waals surface area contributed by atoms with Gasteiger partial charge < -0.3 is 9.88 Å². The van der Waals surface area contributed by atoms with E-state index >= 15 is 0 Å². The highest BCUT2D eigenvalue weighted by molar-refractivity contribution is 6.31. The molecular weight excluding hydrogens is 419 g/mol. The second-order valence-corrected chi connectivity index (χ2v) is 7.71. The summed E-state index contributed by atoms with van der Waals surface area (Å²) in [6.45, 7) is 0.974. The van der Waals surface area contributed by atoms with Crippen LogP contribution < -0.4 is 10.2 Å². The number of halogens is 2. The Morgan fingerprint density at radius 1 is 1.23 bits per heavy atom. The fourth-order valence-electron chi connectivity index (χ4n) is 3.59. The van der Waals surface area contributed by atoms with Crippen molar-refractivity contribution in [1.29, 1.82) is 5.26 Å². The Hall–Kier alpha value is -3.44. The molecule has 0 fully saturated rings. The van der Waals surface area contributed by atoms with Gasteiger partial charge in [-0.2, -0.15) is 5.26 Å². The molecule has 1 aromatic heterocycles. The number of nitrogens with one attached hydrogen (secondary N) is 1. The highest BCUT2D eigenvalue weighted by Gasteiger charge is 2.22. The molecule has 2 amide bonds. The number of urea groups is 1. The Kier molecular flexibility index (Phi) is 6.14. The minimum absolute atomic E-state index is 0.0846. The van der Waals surface area contributed by atoms with E-state index in [0.29, 0.717) is 22.8 Å². The number of anilines is 2. The van der Waals surface area contributed by atoms with Gasteiger partial charge in [0.1, 0.15) is 11.6 Å². The molecule has 0 saturated heterocycles. The fraction of sp³-hybridized carbons (Fsp3) is 0.273. The van der Waals surface area contributed by atoms with Crippen LogP contribution in [0.1, 0.15) is 36.5 Å². The summed E-state index contributed by atoms with van der Waals surface area (Å²) in [4.78, 5) is 14.7. The first-order valence-electron chi connectivity index (χ1n) is 10.00. The summed E-state index contributed by atoms with van der Waals surface area (Å²) < 4.78 is 15.6. The average Bonchev–Trinajstić information content (AvgIpc) is 2.99. The lowest BCUT2D eigenvalue weighted by atomic mass is 10.2. The summed E-state index contributed by atoms with van der Waals surface area (Å²) in [6, 6.07) is 12.4. The third kappa shape index (κ3) is 4.67. The first-order valence-corrected chi connectivity index (χ1v) is 10.4. The van der Waals surface area contributed by atoms with Crippen molar-refractivity contribution in [2.24, 2.45) is 0 Å². The lowest BCUT2D eigenvalue weighted by Crippen LogP contribution is -2.35. The summed E-state index contributed by atoms with van der Waals surface area (Å²) in [5, 5.41) is 20.6. The normalized spacial score (nSPS) is 13.1. The van der Waals surface area contributed by atoms with Gasteiger partial charge in [-0.3, -0.25) is 4.90 Å². The van der Waals surface area contributed by atoms with Crippen LogP contribution in [0.25, 0.3) is 0 Å². The van der Waals surface area contributed by atoms with Crippen LogP contribution in [0.3, 0.4) is 0 Å². The molecule has 31 heavy (non-hydrogen) atoms. The maximum absolute atomic E-state index is 13.5. The van der Waals surface area contributed by atoms with E-state index in [9.17, 15) is 14.4 Å². The molecule has 0 unspecified atom stereocenters. The van der Waals surface area contributed by atoms with Crippen molar-refractivity contribution >= 4 is 29.0 Å². The van der Waals surface area contributed by atoms with E-state index in [1.54, 1.807) is 24.3 Å². The van der Waals surface area contributed by atoms with Crippen molar-refractivity contribution in [3.05, 3.63) is 70.5 Å². The summed E-state index contributed by atoms with van der Waals surface area (Å²) in [7, 11) is 0. The predicted molar refractivity (Wildman–Crippen MR) is 115 cm³/mol. The van der Waals surface area contributed by atoms with Crippen molar-refractivity contribution in [2.45, 2.75) is 38.8 Å². The number of benzene rings is 2. The summed E-state index contributed by atoms with van der Waals surface area (Å²) in [5.74, 6) is 1.03. The Morgan fingerprint density at radius 3 is 2.90 bits per heavy atom. The molecular formula is C22H20ClFN6O. The predicted octanol–water partition coefficient (Wildman–Crippen LogP) is 4.91. The number of aryl methyl sites for hydroxylation is 1. The molecule has 2 aromatic carbocycles. The number of carbonyl (C=O) groups excluding carboxylic acids is 1. The van der Waals surface area contributed by atoms with Gasteiger partial charge in [-0.05, 0) is 49.2 Å². The van der Waals surface area contributed by atoms with E-state index in [4.69, 9.17) is 11.6 Å². The smallest absolute Gasteiger partial charge is 0.313 e. The molecule has 0 spiro atoms. The van der Waals surface area contributed by atoms with Gasteiger partial charge in [0.2, 0.25) is 0 Å². The lowest BCUT2D eigenvalue weighted by molar-refractivity contribution is 0.256.